The molecule has 0 saturated heterocycles. The van der Waals surface area contributed by atoms with Crippen LogP contribution in [0.15, 0.2) is 29.1 Å². The minimum absolute atomic E-state index is 0.116. The first-order valence-electron chi connectivity index (χ1n) is 6.39. The van der Waals surface area contributed by atoms with Gasteiger partial charge in [-0.25, -0.2) is 0 Å². The van der Waals surface area contributed by atoms with E-state index >= 15 is 0 Å². The van der Waals surface area contributed by atoms with Crippen molar-refractivity contribution in [3.8, 4) is 0 Å². The lowest BCUT2D eigenvalue weighted by Gasteiger charge is -2.26. The predicted octanol–water partition coefficient (Wildman–Crippen LogP) is 3.42. The molecule has 1 heterocycles. The summed E-state index contributed by atoms with van der Waals surface area (Å²) in [6, 6.07) is 7.42. The Kier molecular flexibility index (Phi) is 4.91. The number of hydrogen-bond donors (Lipinski definition) is 2. The molecule has 108 valence electrons. The van der Waals surface area contributed by atoms with Crippen molar-refractivity contribution in [1.82, 2.24) is 15.1 Å². The number of rotatable bonds is 5. The Morgan fingerprint density at radius 2 is 1.70 bits per heavy atom. The summed E-state index contributed by atoms with van der Waals surface area (Å²) >= 11 is 12.0. The fourth-order valence-corrected chi connectivity index (χ4v) is 2.61. The zero-order valence-electron chi connectivity index (χ0n) is 11.4. The first-order valence-corrected chi connectivity index (χ1v) is 7.15. The number of hydrogen-bond acceptors (Lipinski definition) is 2. The van der Waals surface area contributed by atoms with Gasteiger partial charge in [0.2, 0.25) is 0 Å². The smallest absolute Gasteiger partial charge is 0.264 e. The maximum Gasteiger partial charge on any atom is 0.264 e. The van der Waals surface area contributed by atoms with E-state index in [2.05, 4.69) is 28.9 Å². The molecule has 2 aromatic rings. The van der Waals surface area contributed by atoms with E-state index in [1.165, 1.54) is 0 Å². The van der Waals surface area contributed by atoms with E-state index in [9.17, 15) is 4.79 Å². The van der Waals surface area contributed by atoms with Gasteiger partial charge in [0.1, 0.15) is 0 Å². The number of benzene rings is 1. The Labute approximate surface area is 127 Å². The molecule has 2 rings (SSSR count). The SMILES string of the molecule is CC(C)N(Cc1cc(Cl)cc(Cl)c1)Cc1cc(=O)[nH][nH]1. The predicted molar refractivity (Wildman–Crippen MR) is 82.3 cm³/mol. The Bertz CT molecular complexity index is 613. The van der Waals surface area contributed by atoms with Gasteiger partial charge in [0.05, 0.1) is 5.69 Å². The summed E-state index contributed by atoms with van der Waals surface area (Å²) in [7, 11) is 0. The van der Waals surface area contributed by atoms with Crippen molar-refractivity contribution in [1.29, 1.82) is 0 Å². The van der Waals surface area contributed by atoms with E-state index in [-0.39, 0.29) is 5.56 Å². The Hall–Kier alpha value is -1.23. The maximum absolute atomic E-state index is 11.1. The van der Waals surface area contributed by atoms with Gasteiger partial charge >= 0.3 is 0 Å². The van der Waals surface area contributed by atoms with Crippen LogP contribution < -0.4 is 5.56 Å². The molecule has 0 bridgehead atoms. The van der Waals surface area contributed by atoms with Gasteiger partial charge in [-0.15, -0.1) is 0 Å². The van der Waals surface area contributed by atoms with Crippen molar-refractivity contribution in [2.45, 2.75) is 33.0 Å². The molecule has 20 heavy (non-hydrogen) atoms. The summed E-state index contributed by atoms with van der Waals surface area (Å²) in [5.74, 6) is 0. The second-order valence-electron chi connectivity index (χ2n) is 5.06. The van der Waals surface area contributed by atoms with E-state index in [1.54, 1.807) is 12.1 Å². The minimum atomic E-state index is -0.116. The Morgan fingerprint density at radius 3 is 2.20 bits per heavy atom. The Balaban J connectivity index is 2.14. The van der Waals surface area contributed by atoms with Crippen LogP contribution in [0.1, 0.15) is 25.1 Å². The maximum atomic E-state index is 11.1. The van der Waals surface area contributed by atoms with Crippen LogP contribution >= 0.6 is 23.2 Å². The second kappa shape index (κ2) is 6.48. The molecular weight excluding hydrogens is 297 g/mol. The van der Waals surface area contributed by atoms with Gasteiger partial charge in [-0.2, -0.15) is 0 Å². The summed E-state index contributed by atoms with van der Waals surface area (Å²) in [5.41, 5.74) is 1.79. The normalized spacial score (nSPS) is 11.5. The zero-order valence-corrected chi connectivity index (χ0v) is 12.9. The van der Waals surface area contributed by atoms with Crippen LogP contribution in [0.2, 0.25) is 10.0 Å². The van der Waals surface area contributed by atoms with Gasteiger partial charge in [-0.05, 0) is 37.6 Å². The quantitative estimate of drug-likeness (QED) is 0.888. The monoisotopic (exact) mass is 313 g/mol. The van der Waals surface area contributed by atoms with E-state index in [4.69, 9.17) is 23.2 Å². The molecule has 0 saturated carbocycles. The molecule has 1 aromatic carbocycles. The lowest BCUT2D eigenvalue weighted by Crippen LogP contribution is -2.30. The summed E-state index contributed by atoms with van der Waals surface area (Å²) < 4.78 is 0. The summed E-state index contributed by atoms with van der Waals surface area (Å²) in [4.78, 5) is 13.4. The van der Waals surface area contributed by atoms with Crippen LogP contribution in [-0.2, 0) is 13.1 Å². The Morgan fingerprint density at radius 1 is 1.05 bits per heavy atom. The van der Waals surface area contributed by atoms with Crippen molar-refractivity contribution in [2.75, 3.05) is 0 Å². The molecule has 2 N–H and O–H groups in total. The van der Waals surface area contributed by atoms with Crippen LogP contribution in [-0.4, -0.2) is 21.1 Å². The van der Waals surface area contributed by atoms with Crippen molar-refractivity contribution >= 4 is 23.2 Å². The summed E-state index contributed by atoms with van der Waals surface area (Å²) in [5, 5.41) is 6.68. The highest BCUT2D eigenvalue weighted by atomic mass is 35.5. The zero-order chi connectivity index (χ0) is 14.7. The molecule has 6 heteroatoms. The van der Waals surface area contributed by atoms with Crippen LogP contribution in [0, 0.1) is 0 Å². The van der Waals surface area contributed by atoms with Crippen molar-refractivity contribution in [2.24, 2.45) is 0 Å². The van der Waals surface area contributed by atoms with Gasteiger partial charge in [0.15, 0.2) is 0 Å². The summed E-state index contributed by atoms with van der Waals surface area (Å²) in [6.07, 6.45) is 0. The number of aromatic nitrogens is 2. The molecule has 0 unspecified atom stereocenters. The van der Waals surface area contributed by atoms with Gasteiger partial charge in [-0.1, -0.05) is 23.2 Å². The fraction of sp³-hybridized carbons (Fsp3) is 0.357. The van der Waals surface area contributed by atoms with Crippen LogP contribution in [0.4, 0.5) is 0 Å². The number of halogens is 2. The molecule has 0 radical (unpaired) electrons. The molecule has 0 fully saturated rings. The molecule has 0 aliphatic rings. The molecule has 4 nitrogen and oxygen atoms in total. The molecule has 0 aliphatic heterocycles. The van der Waals surface area contributed by atoms with Crippen molar-refractivity contribution in [3.05, 3.63) is 55.9 Å². The first-order chi connectivity index (χ1) is 9.44. The van der Waals surface area contributed by atoms with Crippen molar-refractivity contribution < 1.29 is 0 Å². The van der Waals surface area contributed by atoms with E-state index in [0.717, 1.165) is 11.3 Å². The average molecular weight is 314 g/mol. The van der Waals surface area contributed by atoms with Crippen molar-refractivity contribution in [3.63, 3.8) is 0 Å². The van der Waals surface area contributed by atoms with Gasteiger partial charge in [0.25, 0.3) is 5.56 Å². The topological polar surface area (TPSA) is 51.9 Å². The highest BCUT2D eigenvalue weighted by Gasteiger charge is 2.13. The summed E-state index contributed by atoms with van der Waals surface area (Å²) in [6.45, 7) is 5.58. The van der Waals surface area contributed by atoms with Crippen LogP contribution in [0.25, 0.3) is 0 Å². The third-order valence-electron chi connectivity index (χ3n) is 3.06. The van der Waals surface area contributed by atoms with Crippen LogP contribution in [0.5, 0.6) is 0 Å². The molecule has 0 spiro atoms. The lowest BCUT2D eigenvalue weighted by atomic mass is 10.2. The fourth-order valence-electron chi connectivity index (χ4n) is 2.03. The largest absolute Gasteiger partial charge is 0.301 e. The third-order valence-corrected chi connectivity index (χ3v) is 3.50. The van der Waals surface area contributed by atoms with Crippen LogP contribution in [0.3, 0.4) is 0 Å². The molecular formula is C14H17Cl2N3O. The standard InChI is InChI=1S/C14H17Cl2N3O/c1-9(2)19(8-13-6-14(20)18-17-13)7-10-3-11(15)5-12(16)4-10/h3-6,9H,7-8H2,1-2H3,(H2,17,18,20). The average Bonchev–Trinajstić information content (AvgIpc) is 2.72. The number of aromatic amines is 2. The highest BCUT2D eigenvalue weighted by Crippen LogP contribution is 2.21. The second-order valence-corrected chi connectivity index (χ2v) is 5.93. The minimum Gasteiger partial charge on any atom is -0.301 e. The number of nitrogens with one attached hydrogen (secondary N) is 2. The molecule has 0 aliphatic carbocycles. The van der Waals surface area contributed by atoms with E-state index in [1.807, 2.05) is 12.1 Å². The number of nitrogens with zero attached hydrogens (tertiary/aromatic N) is 1. The molecule has 1 aromatic heterocycles. The number of H-pyrrole nitrogens is 2. The first kappa shape index (κ1) is 15.2. The highest BCUT2D eigenvalue weighted by molar-refractivity contribution is 6.34. The van der Waals surface area contributed by atoms with E-state index in [0.29, 0.717) is 29.2 Å². The third kappa shape index (κ3) is 4.13. The van der Waals surface area contributed by atoms with Gasteiger partial charge in [-0.3, -0.25) is 14.8 Å². The van der Waals surface area contributed by atoms with E-state index < -0.39 is 0 Å². The van der Waals surface area contributed by atoms with Gasteiger partial charge in [0, 0.05) is 35.2 Å². The lowest BCUT2D eigenvalue weighted by molar-refractivity contribution is 0.201. The molecule has 0 amide bonds. The molecule has 0 atom stereocenters. The van der Waals surface area contributed by atoms with Gasteiger partial charge < -0.3 is 5.10 Å².